The van der Waals surface area contributed by atoms with Crippen molar-refractivity contribution in [2.24, 2.45) is 23.1 Å². The van der Waals surface area contributed by atoms with E-state index in [-0.39, 0.29) is 18.9 Å². The Morgan fingerprint density at radius 2 is 1.96 bits per heavy atom. The summed E-state index contributed by atoms with van der Waals surface area (Å²) in [7, 11) is 0. The largest absolute Gasteiger partial charge is 0.372 e. The maximum atomic E-state index is 12.2. The van der Waals surface area contributed by atoms with Crippen LogP contribution in [0.3, 0.4) is 0 Å². The van der Waals surface area contributed by atoms with Crippen LogP contribution in [0, 0.1) is 0 Å². The highest BCUT2D eigenvalue weighted by atomic mass is 16.7. The molecule has 1 rings (SSSR count). The molecule has 0 saturated carbocycles. The van der Waals surface area contributed by atoms with Crippen LogP contribution in [0.25, 0.3) is 0 Å². The van der Waals surface area contributed by atoms with E-state index in [1.54, 1.807) is 0 Å². The lowest BCUT2D eigenvalue weighted by molar-refractivity contribution is -0.144. The zero-order chi connectivity index (χ0) is 18.8. The zero-order valence-corrected chi connectivity index (χ0v) is 13.9. The minimum absolute atomic E-state index is 0.0895. The van der Waals surface area contributed by atoms with Crippen LogP contribution in [-0.4, -0.2) is 52.5 Å². The fourth-order valence-corrected chi connectivity index (χ4v) is 2.06. The number of rotatable bonds is 10. The van der Waals surface area contributed by atoms with Gasteiger partial charge in [0, 0.05) is 12.6 Å². The van der Waals surface area contributed by atoms with Crippen molar-refractivity contribution in [3.8, 4) is 0 Å². The summed E-state index contributed by atoms with van der Waals surface area (Å²) in [6.07, 6.45) is 5.00. The van der Waals surface area contributed by atoms with E-state index in [2.05, 4.69) is 21.0 Å². The van der Waals surface area contributed by atoms with Crippen molar-refractivity contribution in [3.05, 3.63) is 18.2 Å². The van der Waals surface area contributed by atoms with E-state index >= 15 is 0 Å². The van der Waals surface area contributed by atoms with Gasteiger partial charge in [-0.15, -0.1) is 0 Å². The topological polar surface area (TPSA) is 194 Å². The lowest BCUT2D eigenvalue weighted by Crippen LogP contribution is -2.44. The van der Waals surface area contributed by atoms with Crippen LogP contribution in [0.2, 0.25) is 0 Å². The van der Waals surface area contributed by atoms with Gasteiger partial charge in [0.05, 0.1) is 17.8 Å². The Labute approximate surface area is 145 Å². The van der Waals surface area contributed by atoms with E-state index in [0.29, 0.717) is 18.7 Å². The molecule has 0 aromatic carbocycles. The lowest BCUT2D eigenvalue weighted by atomic mass is 10.1. The van der Waals surface area contributed by atoms with E-state index in [1.165, 1.54) is 17.1 Å². The summed E-state index contributed by atoms with van der Waals surface area (Å²) < 4.78 is 1.28. The summed E-state index contributed by atoms with van der Waals surface area (Å²) >= 11 is 0. The summed E-state index contributed by atoms with van der Waals surface area (Å²) in [5, 5.41) is 2.28. The second-order valence-corrected chi connectivity index (χ2v) is 5.52. The molecule has 0 spiro atoms. The number of nitrogens with zero attached hydrogens (tertiary/aromatic N) is 2. The number of carbonyl (C=O) groups is 3. The Morgan fingerprint density at radius 3 is 2.60 bits per heavy atom. The Bertz CT molecular complexity index is 589. The molecule has 11 nitrogen and oxygen atoms in total. The van der Waals surface area contributed by atoms with E-state index in [4.69, 9.17) is 17.2 Å². The molecule has 0 aliphatic heterocycles. The third-order valence-corrected chi connectivity index (χ3v) is 3.48. The van der Waals surface area contributed by atoms with Crippen molar-refractivity contribution in [1.82, 2.24) is 14.9 Å². The number of nitrogens with one attached hydrogen (secondary N) is 1. The molecule has 2 atom stereocenters. The molecule has 1 heterocycles. The third kappa shape index (κ3) is 6.97. The van der Waals surface area contributed by atoms with E-state index in [0.717, 1.165) is 12.8 Å². The number of imidazole rings is 1. The van der Waals surface area contributed by atoms with Crippen LogP contribution in [0.4, 0.5) is 0 Å². The average molecular weight is 355 g/mol. The highest BCUT2D eigenvalue weighted by molar-refractivity contribution is 5.86. The molecule has 1 aromatic rings. The molecule has 140 valence electrons. The van der Waals surface area contributed by atoms with E-state index < -0.39 is 24.0 Å². The number of carbonyl (C=O) groups excluding carboxylic acids is 3. The molecule has 1 amide bonds. The average Bonchev–Trinajstić information content (AvgIpc) is 3.06. The highest BCUT2D eigenvalue weighted by Gasteiger charge is 2.19. The maximum Gasteiger partial charge on any atom is 0.343 e. The molecule has 9 N–H and O–H groups in total. The number of hydrogen-bond acceptors (Lipinski definition) is 9. The molecule has 0 aliphatic carbocycles. The van der Waals surface area contributed by atoms with Gasteiger partial charge in [0.2, 0.25) is 11.8 Å². The number of aromatic nitrogens is 2. The van der Waals surface area contributed by atoms with Gasteiger partial charge < -0.3 is 27.4 Å². The van der Waals surface area contributed by atoms with Crippen molar-refractivity contribution in [1.29, 1.82) is 0 Å². The third-order valence-electron chi connectivity index (χ3n) is 3.48. The summed E-state index contributed by atoms with van der Waals surface area (Å²) in [5.41, 5.74) is 17.4. The highest BCUT2D eigenvalue weighted by Crippen LogP contribution is 2.05. The van der Waals surface area contributed by atoms with E-state index in [9.17, 15) is 14.4 Å². The lowest BCUT2D eigenvalue weighted by Gasteiger charge is -2.11. The van der Waals surface area contributed by atoms with Crippen molar-refractivity contribution < 1.29 is 19.2 Å². The number of hydrogen-bond donors (Lipinski definition) is 5. The summed E-state index contributed by atoms with van der Waals surface area (Å²) in [5.74, 6) is 3.01. The Morgan fingerprint density at radius 1 is 1.24 bits per heavy atom. The Kier molecular flexibility index (Phi) is 8.70. The molecule has 0 bridgehead atoms. The van der Waals surface area contributed by atoms with Gasteiger partial charge in [0.15, 0.2) is 0 Å². The van der Waals surface area contributed by atoms with Crippen molar-refractivity contribution in [2.75, 3.05) is 13.1 Å². The SMILES string of the molecule is NCCCC[C@H](N)C(=O)n1cnc(C[C@H](N)C(=O)NCC(=O)ON)c1. The van der Waals surface area contributed by atoms with Crippen LogP contribution in [0.5, 0.6) is 0 Å². The first kappa shape index (κ1) is 20.7. The van der Waals surface area contributed by atoms with Crippen molar-refractivity contribution in [2.45, 2.75) is 37.8 Å². The molecule has 0 aliphatic rings. The van der Waals surface area contributed by atoms with Gasteiger partial charge in [-0.2, -0.15) is 5.90 Å². The molecular formula is C14H25N7O4. The van der Waals surface area contributed by atoms with Crippen LogP contribution >= 0.6 is 0 Å². The standard InChI is InChI=1S/C14H25N7O4/c15-4-2-1-3-10(16)14(24)21-7-9(20-8-21)5-11(17)13(23)19-6-12(22)25-18/h7-8,10-11H,1-6,15-18H2,(H,19,23)/t10-,11-/m0/s1. The van der Waals surface area contributed by atoms with Gasteiger partial charge in [0.25, 0.3) is 0 Å². The number of nitrogens with two attached hydrogens (primary N) is 4. The molecule has 11 heteroatoms. The fourth-order valence-electron chi connectivity index (χ4n) is 2.06. The van der Waals surface area contributed by atoms with Crippen molar-refractivity contribution >= 4 is 17.8 Å². The molecule has 25 heavy (non-hydrogen) atoms. The van der Waals surface area contributed by atoms with Gasteiger partial charge in [-0.3, -0.25) is 14.2 Å². The van der Waals surface area contributed by atoms with Gasteiger partial charge in [0.1, 0.15) is 12.9 Å². The zero-order valence-electron chi connectivity index (χ0n) is 13.9. The monoisotopic (exact) mass is 355 g/mol. The van der Waals surface area contributed by atoms with Crippen LogP contribution < -0.4 is 28.4 Å². The summed E-state index contributed by atoms with van der Waals surface area (Å²) in [4.78, 5) is 42.7. The summed E-state index contributed by atoms with van der Waals surface area (Å²) in [6.45, 7) is 0.173. The molecule has 0 saturated heterocycles. The second kappa shape index (κ2) is 10.5. The predicted octanol–water partition coefficient (Wildman–Crippen LogP) is -2.62. The van der Waals surface area contributed by atoms with Crippen molar-refractivity contribution in [3.63, 3.8) is 0 Å². The molecule has 0 radical (unpaired) electrons. The molecule has 0 unspecified atom stereocenters. The molecule has 0 fully saturated rings. The molecule has 1 aromatic heterocycles. The number of amides is 1. The minimum atomic E-state index is -0.942. The predicted molar refractivity (Wildman–Crippen MR) is 88.7 cm³/mol. The Hall–Kier alpha value is -2.34. The maximum absolute atomic E-state index is 12.2. The fraction of sp³-hybridized carbons (Fsp3) is 0.571. The first-order valence-corrected chi connectivity index (χ1v) is 7.84. The Balaban J connectivity index is 2.52. The van der Waals surface area contributed by atoms with Gasteiger partial charge in [-0.05, 0) is 19.4 Å². The van der Waals surface area contributed by atoms with E-state index in [1.807, 2.05) is 0 Å². The normalized spacial score (nSPS) is 13.1. The van der Waals surface area contributed by atoms with Gasteiger partial charge in [-0.25, -0.2) is 9.78 Å². The first-order valence-electron chi connectivity index (χ1n) is 7.84. The van der Waals surface area contributed by atoms with Crippen LogP contribution in [0.15, 0.2) is 12.5 Å². The molecular weight excluding hydrogens is 330 g/mol. The van der Waals surface area contributed by atoms with Crippen LogP contribution in [0.1, 0.15) is 29.8 Å². The van der Waals surface area contributed by atoms with Gasteiger partial charge >= 0.3 is 5.97 Å². The first-order chi connectivity index (χ1) is 11.9. The second-order valence-electron chi connectivity index (χ2n) is 5.52. The minimum Gasteiger partial charge on any atom is -0.372 e. The van der Waals surface area contributed by atoms with Crippen LogP contribution in [-0.2, 0) is 20.8 Å². The number of unbranched alkanes of at least 4 members (excludes halogenated alkanes) is 1. The quantitative estimate of drug-likeness (QED) is 0.220. The van der Waals surface area contributed by atoms with Gasteiger partial charge in [-0.1, -0.05) is 6.42 Å². The smallest absolute Gasteiger partial charge is 0.343 e. The summed E-state index contributed by atoms with van der Waals surface area (Å²) in [6, 6.07) is -1.59.